The van der Waals surface area contributed by atoms with Gasteiger partial charge in [-0.25, -0.2) is 4.79 Å². The van der Waals surface area contributed by atoms with Gasteiger partial charge in [0.2, 0.25) is 5.91 Å². The summed E-state index contributed by atoms with van der Waals surface area (Å²) < 4.78 is 4.66. The summed E-state index contributed by atoms with van der Waals surface area (Å²) in [7, 11) is 1.31. The van der Waals surface area contributed by atoms with Gasteiger partial charge in [0.1, 0.15) is 0 Å². The summed E-state index contributed by atoms with van der Waals surface area (Å²) in [6, 6.07) is 16.5. The monoisotopic (exact) mass is 447 g/mol. The van der Waals surface area contributed by atoms with Crippen LogP contribution in [-0.2, 0) is 14.3 Å². The number of carbonyl (C=O) groups is 3. The zero-order chi connectivity index (χ0) is 23.6. The van der Waals surface area contributed by atoms with Crippen LogP contribution in [0.25, 0.3) is 6.08 Å². The van der Waals surface area contributed by atoms with Crippen molar-refractivity contribution < 1.29 is 19.1 Å². The summed E-state index contributed by atoms with van der Waals surface area (Å²) in [5.41, 5.74) is 2.42. The van der Waals surface area contributed by atoms with Crippen LogP contribution in [0.15, 0.2) is 72.3 Å². The molecular formula is C26H29N3O4. The van der Waals surface area contributed by atoms with Crippen LogP contribution >= 0.6 is 0 Å². The number of anilines is 1. The van der Waals surface area contributed by atoms with E-state index in [9.17, 15) is 14.4 Å². The predicted molar refractivity (Wildman–Crippen MR) is 129 cm³/mol. The molecule has 0 aliphatic carbocycles. The lowest BCUT2D eigenvalue weighted by Crippen LogP contribution is -2.48. The Morgan fingerprint density at radius 2 is 1.64 bits per heavy atom. The van der Waals surface area contributed by atoms with Crippen molar-refractivity contribution in [1.82, 2.24) is 9.80 Å². The van der Waals surface area contributed by atoms with Crippen molar-refractivity contribution >= 4 is 29.5 Å². The molecule has 2 aromatic rings. The fraction of sp³-hybridized carbons (Fsp3) is 0.269. The first-order chi connectivity index (χ1) is 16.0. The highest BCUT2D eigenvalue weighted by Gasteiger charge is 2.20. The second-order valence-corrected chi connectivity index (χ2v) is 7.79. The van der Waals surface area contributed by atoms with Crippen LogP contribution in [0.1, 0.15) is 22.8 Å². The molecule has 0 bridgehead atoms. The molecule has 2 aromatic carbocycles. The number of nitrogens with zero attached hydrogens (tertiary/aromatic N) is 2. The van der Waals surface area contributed by atoms with E-state index >= 15 is 0 Å². The van der Waals surface area contributed by atoms with Crippen molar-refractivity contribution in [2.45, 2.75) is 6.92 Å². The smallest absolute Gasteiger partial charge is 0.337 e. The third-order valence-corrected chi connectivity index (χ3v) is 5.42. The third-order valence-electron chi connectivity index (χ3n) is 5.42. The van der Waals surface area contributed by atoms with Gasteiger partial charge in [0.25, 0.3) is 5.91 Å². The van der Waals surface area contributed by atoms with E-state index in [1.54, 1.807) is 36.1 Å². The number of ether oxygens (including phenoxy) is 1. The van der Waals surface area contributed by atoms with Gasteiger partial charge in [-0.1, -0.05) is 42.5 Å². The van der Waals surface area contributed by atoms with Gasteiger partial charge in [0.15, 0.2) is 0 Å². The van der Waals surface area contributed by atoms with Gasteiger partial charge in [0, 0.05) is 50.1 Å². The lowest BCUT2D eigenvalue weighted by atomic mass is 10.2. The minimum Gasteiger partial charge on any atom is -0.465 e. The standard InChI is InChI=1S/C26H29N3O4/c1-20(25(31)27-23-12-10-22(11-13-23)26(32)33-2)19-24(30)29-17-15-28(16-18-29)14-6-9-21-7-4-3-5-8-21/h3-13,19H,14-18H2,1-2H3,(H,27,31)/b9-6+,20-19+. The molecule has 0 spiro atoms. The van der Waals surface area contributed by atoms with Crippen LogP contribution in [0.3, 0.4) is 0 Å². The Kier molecular flexibility index (Phi) is 8.55. The molecule has 172 valence electrons. The number of amides is 2. The van der Waals surface area contributed by atoms with Crippen LogP contribution in [0.5, 0.6) is 0 Å². The van der Waals surface area contributed by atoms with Crippen LogP contribution in [0.4, 0.5) is 5.69 Å². The molecular weight excluding hydrogens is 418 g/mol. The molecule has 0 radical (unpaired) electrons. The van der Waals surface area contributed by atoms with Gasteiger partial charge in [-0.05, 0) is 36.8 Å². The predicted octanol–water partition coefficient (Wildman–Crippen LogP) is 3.22. The molecule has 2 amide bonds. The summed E-state index contributed by atoms with van der Waals surface area (Å²) in [6.07, 6.45) is 5.62. The maximum absolute atomic E-state index is 12.6. The van der Waals surface area contributed by atoms with Gasteiger partial charge in [0.05, 0.1) is 12.7 Å². The average Bonchev–Trinajstić information content (AvgIpc) is 2.85. The Morgan fingerprint density at radius 1 is 0.970 bits per heavy atom. The maximum atomic E-state index is 12.6. The lowest BCUT2D eigenvalue weighted by Gasteiger charge is -2.33. The second kappa shape index (κ2) is 11.8. The topological polar surface area (TPSA) is 78.9 Å². The van der Waals surface area contributed by atoms with Gasteiger partial charge in [-0.15, -0.1) is 0 Å². The van der Waals surface area contributed by atoms with E-state index < -0.39 is 5.97 Å². The van der Waals surface area contributed by atoms with Gasteiger partial charge in [-0.3, -0.25) is 14.5 Å². The lowest BCUT2D eigenvalue weighted by molar-refractivity contribution is -0.128. The zero-order valence-electron chi connectivity index (χ0n) is 19.0. The number of methoxy groups -OCH3 is 1. The highest BCUT2D eigenvalue weighted by Crippen LogP contribution is 2.12. The summed E-state index contributed by atoms with van der Waals surface area (Å²) in [5, 5.41) is 2.73. The SMILES string of the molecule is COC(=O)c1ccc(NC(=O)/C(C)=C/C(=O)N2CCN(C/C=C/c3ccccc3)CC2)cc1. The molecule has 7 nitrogen and oxygen atoms in total. The summed E-state index contributed by atoms with van der Waals surface area (Å²) in [4.78, 5) is 40.6. The summed E-state index contributed by atoms with van der Waals surface area (Å²) >= 11 is 0. The third kappa shape index (κ3) is 7.15. The van der Waals surface area contributed by atoms with Crippen molar-refractivity contribution in [3.05, 3.63) is 83.4 Å². The Labute approximate surface area is 194 Å². The number of hydrogen-bond acceptors (Lipinski definition) is 5. The van der Waals surface area contributed by atoms with E-state index in [1.165, 1.54) is 18.7 Å². The first-order valence-corrected chi connectivity index (χ1v) is 10.9. The van der Waals surface area contributed by atoms with Crippen LogP contribution in [-0.4, -0.2) is 67.4 Å². The number of benzene rings is 2. The molecule has 1 aliphatic rings. The number of rotatable bonds is 7. The second-order valence-electron chi connectivity index (χ2n) is 7.79. The molecule has 7 heteroatoms. The number of piperazine rings is 1. The van der Waals surface area contributed by atoms with E-state index in [0.29, 0.717) is 29.9 Å². The Hall–Kier alpha value is -3.71. The molecule has 0 atom stereocenters. The molecule has 33 heavy (non-hydrogen) atoms. The number of nitrogens with one attached hydrogen (secondary N) is 1. The minimum atomic E-state index is -0.443. The van der Waals surface area contributed by atoms with Gasteiger partial charge >= 0.3 is 5.97 Å². The summed E-state index contributed by atoms with van der Waals surface area (Å²) in [5.74, 6) is -0.969. The Morgan fingerprint density at radius 3 is 2.27 bits per heavy atom. The van der Waals surface area contributed by atoms with Crippen molar-refractivity contribution in [2.75, 3.05) is 45.2 Å². The van der Waals surface area contributed by atoms with Crippen LogP contribution < -0.4 is 5.32 Å². The molecule has 1 fully saturated rings. The van der Waals surface area contributed by atoms with Crippen LogP contribution in [0.2, 0.25) is 0 Å². The first-order valence-electron chi connectivity index (χ1n) is 10.9. The molecule has 1 aliphatic heterocycles. The van der Waals surface area contributed by atoms with E-state index in [1.807, 2.05) is 18.2 Å². The fourth-order valence-corrected chi connectivity index (χ4v) is 3.43. The van der Waals surface area contributed by atoms with Crippen molar-refractivity contribution in [1.29, 1.82) is 0 Å². The highest BCUT2D eigenvalue weighted by atomic mass is 16.5. The van der Waals surface area contributed by atoms with E-state index in [4.69, 9.17) is 0 Å². The molecule has 1 N–H and O–H groups in total. The molecule has 0 unspecified atom stereocenters. The minimum absolute atomic E-state index is 0.164. The quantitative estimate of drug-likeness (QED) is 0.521. The van der Waals surface area contributed by atoms with Gasteiger partial charge < -0.3 is 15.0 Å². The first kappa shape index (κ1) is 23.9. The number of carbonyl (C=O) groups excluding carboxylic acids is 3. The summed E-state index contributed by atoms with van der Waals surface area (Å²) in [6.45, 7) is 5.27. The highest BCUT2D eigenvalue weighted by molar-refractivity contribution is 6.07. The normalized spacial score (nSPS) is 14.8. The van der Waals surface area contributed by atoms with Crippen molar-refractivity contribution in [3.63, 3.8) is 0 Å². The van der Waals surface area contributed by atoms with E-state index in [2.05, 4.69) is 39.2 Å². The number of esters is 1. The zero-order valence-corrected chi connectivity index (χ0v) is 19.0. The van der Waals surface area contributed by atoms with E-state index in [0.717, 1.165) is 19.6 Å². The van der Waals surface area contributed by atoms with Crippen LogP contribution in [0, 0.1) is 0 Å². The Balaban J connectivity index is 1.46. The largest absolute Gasteiger partial charge is 0.465 e. The molecule has 0 aromatic heterocycles. The van der Waals surface area contributed by atoms with Crippen molar-refractivity contribution in [3.8, 4) is 0 Å². The molecule has 1 saturated heterocycles. The Bertz CT molecular complexity index is 1020. The van der Waals surface area contributed by atoms with Crippen molar-refractivity contribution in [2.24, 2.45) is 0 Å². The molecule has 0 saturated carbocycles. The number of hydrogen-bond donors (Lipinski definition) is 1. The average molecular weight is 448 g/mol. The van der Waals surface area contributed by atoms with E-state index in [-0.39, 0.29) is 11.8 Å². The fourth-order valence-electron chi connectivity index (χ4n) is 3.43. The maximum Gasteiger partial charge on any atom is 0.337 e. The molecule has 3 rings (SSSR count). The molecule has 1 heterocycles. The van der Waals surface area contributed by atoms with Gasteiger partial charge in [-0.2, -0.15) is 0 Å².